The van der Waals surface area contributed by atoms with Crippen LogP contribution in [-0.4, -0.2) is 11.9 Å². The molecule has 0 heterocycles. The topological polar surface area (TPSA) is 55.1 Å². The van der Waals surface area contributed by atoms with Crippen LogP contribution in [0.4, 0.5) is 0 Å². The van der Waals surface area contributed by atoms with Crippen LogP contribution in [-0.2, 0) is 11.2 Å². The second kappa shape index (κ2) is 3.42. The van der Waals surface area contributed by atoms with Crippen LogP contribution in [0.1, 0.15) is 24.1 Å². The highest BCUT2D eigenvalue weighted by atomic mass is 16.1. The first-order valence-corrected chi connectivity index (χ1v) is 4.79. The SMILES string of the molecule is CC(=O)N[C@@H]1c2ccccc2C[C@H]1N. The van der Waals surface area contributed by atoms with Gasteiger partial charge in [0, 0.05) is 13.0 Å². The van der Waals surface area contributed by atoms with E-state index in [1.807, 2.05) is 18.2 Å². The zero-order chi connectivity index (χ0) is 10.1. The van der Waals surface area contributed by atoms with Crippen LogP contribution >= 0.6 is 0 Å². The molecule has 74 valence electrons. The quantitative estimate of drug-likeness (QED) is 0.686. The van der Waals surface area contributed by atoms with Crippen molar-refractivity contribution in [2.24, 2.45) is 5.73 Å². The standard InChI is InChI=1S/C11H14N2O/c1-7(14)13-11-9-5-3-2-4-8(9)6-10(11)12/h2-5,10-11H,6,12H2,1H3,(H,13,14)/t10-,11-/m1/s1. The van der Waals surface area contributed by atoms with Gasteiger partial charge in [-0.2, -0.15) is 0 Å². The molecule has 3 nitrogen and oxygen atoms in total. The lowest BCUT2D eigenvalue weighted by Gasteiger charge is -2.17. The molecule has 2 atom stereocenters. The molecule has 14 heavy (non-hydrogen) atoms. The van der Waals surface area contributed by atoms with Gasteiger partial charge >= 0.3 is 0 Å². The molecule has 0 unspecified atom stereocenters. The van der Waals surface area contributed by atoms with Crippen LogP contribution in [0.2, 0.25) is 0 Å². The fourth-order valence-electron chi connectivity index (χ4n) is 2.03. The maximum Gasteiger partial charge on any atom is 0.217 e. The van der Waals surface area contributed by atoms with Gasteiger partial charge in [-0.1, -0.05) is 24.3 Å². The highest BCUT2D eigenvalue weighted by Gasteiger charge is 2.29. The van der Waals surface area contributed by atoms with Gasteiger partial charge in [0.25, 0.3) is 0 Å². The number of hydrogen-bond donors (Lipinski definition) is 2. The van der Waals surface area contributed by atoms with Gasteiger partial charge in [0.2, 0.25) is 5.91 Å². The molecule has 0 spiro atoms. The number of benzene rings is 1. The van der Waals surface area contributed by atoms with Crippen molar-refractivity contribution in [3.63, 3.8) is 0 Å². The van der Waals surface area contributed by atoms with Crippen molar-refractivity contribution in [1.29, 1.82) is 0 Å². The number of nitrogens with one attached hydrogen (secondary N) is 1. The predicted octanol–water partition coefficient (Wildman–Crippen LogP) is 0.747. The molecule has 1 aromatic carbocycles. The van der Waals surface area contributed by atoms with Crippen molar-refractivity contribution < 1.29 is 4.79 Å². The molecule has 0 saturated carbocycles. The van der Waals surface area contributed by atoms with E-state index in [1.54, 1.807) is 0 Å². The maximum absolute atomic E-state index is 11.0. The van der Waals surface area contributed by atoms with Crippen molar-refractivity contribution in [3.05, 3.63) is 35.4 Å². The Hall–Kier alpha value is -1.35. The number of hydrogen-bond acceptors (Lipinski definition) is 2. The smallest absolute Gasteiger partial charge is 0.217 e. The average molecular weight is 190 g/mol. The molecule has 1 aliphatic rings. The number of nitrogens with two attached hydrogens (primary N) is 1. The first-order chi connectivity index (χ1) is 6.68. The van der Waals surface area contributed by atoms with E-state index in [0.717, 1.165) is 12.0 Å². The first-order valence-electron chi connectivity index (χ1n) is 4.79. The third kappa shape index (κ3) is 1.51. The Morgan fingerprint density at radius 3 is 2.93 bits per heavy atom. The van der Waals surface area contributed by atoms with Crippen molar-refractivity contribution in [2.45, 2.75) is 25.4 Å². The number of rotatable bonds is 1. The summed E-state index contributed by atoms with van der Waals surface area (Å²) in [5, 5.41) is 2.88. The fourth-order valence-corrected chi connectivity index (χ4v) is 2.03. The second-order valence-electron chi connectivity index (χ2n) is 3.74. The van der Waals surface area contributed by atoms with Gasteiger partial charge in [0.1, 0.15) is 0 Å². The van der Waals surface area contributed by atoms with Gasteiger partial charge in [0.05, 0.1) is 6.04 Å². The zero-order valence-electron chi connectivity index (χ0n) is 8.16. The first kappa shape index (κ1) is 9.21. The predicted molar refractivity (Wildman–Crippen MR) is 54.7 cm³/mol. The number of amides is 1. The van der Waals surface area contributed by atoms with Crippen LogP contribution in [0, 0.1) is 0 Å². The van der Waals surface area contributed by atoms with E-state index >= 15 is 0 Å². The molecular weight excluding hydrogens is 176 g/mol. The Bertz CT molecular complexity index is 362. The van der Waals surface area contributed by atoms with Gasteiger partial charge in [-0.05, 0) is 17.5 Å². The second-order valence-corrected chi connectivity index (χ2v) is 3.74. The monoisotopic (exact) mass is 190 g/mol. The Balaban J connectivity index is 2.30. The van der Waals surface area contributed by atoms with E-state index in [-0.39, 0.29) is 18.0 Å². The molecule has 3 heteroatoms. The van der Waals surface area contributed by atoms with E-state index in [2.05, 4.69) is 11.4 Å². The molecule has 0 aliphatic heterocycles. The van der Waals surface area contributed by atoms with E-state index in [9.17, 15) is 4.79 Å². The lowest BCUT2D eigenvalue weighted by atomic mass is 10.1. The molecule has 0 radical (unpaired) electrons. The summed E-state index contributed by atoms with van der Waals surface area (Å²) in [5.41, 5.74) is 8.37. The third-order valence-corrected chi connectivity index (χ3v) is 2.63. The lowest BCUT2D eigenvalue weighted by Crippen LogP contribution is -2.37. The maximum atomic E-state index is 11.0. The average Bonchev–Trinajstić information content (AvgIpc) is 2.43. The number of carbonyl (C=O) groups is 1. The van der Waals surface area contributed by atoms with Crippen molar-refractivity contribution in [2.75, 3.05) is 0 Å². The fraction of sp³-hybridized carbons (Fsp3) is 0.364. The van der Waals surface area contributed by atoms with E-state index in [4.69, 9.17) is 5.73 Å². The summed E-state index contributed by atoms with van der Waals surface area (Å²) < 4.78 is 0. The van der Waals surface area contributed by atoms with Gasteiger partial charge in [-0.15, -0.1) is 0 Å². The summed E-state index contributed by atoms with van der Waals surface area (Å²) in [6.45, 7) is 1.52. The molecule has 0 bridgehead atoms. The van der Waals surface area contributed by atoms with Crippen LogP contribution in [0.3, 0.4) is 0 Å². The normalized spacial score (nSPS) is 24.4. The highest BCUT2D eigenvalue weighted by Crippen LogP contribution is 2.29. The van der Waals surface area contributed by atoms with E-state index in [0.29, 0.717) is 0 Å². The van der Waals surface area contributed by atoms with Gasteiger partial charge in [-0.3, -0.25) is 4.79 Å². The van der Waals surface area contributed by atoms with Gasteiger partial charge < -0.3 is 11.1 Å². The molecule has 1 amide bonds. The number of carbonyl (C=O) groups excluding carboxylic acids is 1. The Labute approximate surface area is 83.3 Å². The summed E-state index contributed by atoms with van der Waals surface area (Å²) >= 11 is 0. The molecule has 0 aromatic heterocycles. The molecule has 0 fully saturated rings. The summed E-state index contributed by atoms with van der Waals surface area (Å²) in [6, 6.07) is 8.08. The Morgan fingerprint density at radius 2 is 2.21 bits per heavy atom. The van der Waals surface area contributed by atoms with E-state index in [1.165, 1.54) is 12.5 Å². The molecule has 1 aliphatic carbocycles. The minimum absolute atomic E-state index is 0.0105. The largest absolute Gasteiger partial charge is 0.348 e. The minimum atomic E-state index is -0.0258. The van der Waals surface area contributed by atoms with Crippen LogP contribution in [0.5, 0.6) is 0 Å². The third-order valence-electron chi connectivity index (χ3n) is 2.63. The Kier molecular flexibility index (Phi) is 2.25. The molecule has 3 N–H and O–H groups in total. The van der Waals surface area contributed by atoms with Crippen LogP contribution in [0.25, 0.3) is 0 Å². The molecular formula is C11H14N2O. The molecule has 2 rings (SSSR count). The molecule has 1 aromatic rings. The van der Waals surface area contributed by atoms with Crippen LogP contribution < -0.4 is 11.1 Å². The van der Waals surface area contributed by atoms with Crippen LogP contribution in [0.15, 0.2) is 24.3 Å². The van der Waals surface area contributed by atoms with Gasteiger partial charge in [0.15, 0.2) is 0 Å². The van der Waals surface area contributed by atoms with Gasteiger partial charge in [-0.25, -0.2) is 0 Å². The lowest BCUT2D eigenvalue weighted by molar-refractivity contribution is -0.119. The molecule has 0 saturated heterocycles. The Morgan fingerprint density at radius 1 is 1.50 bits per heavy atom. The highest BCUT2D eigenvalue weighted by molar-refractivity contribution is 5.73. The number of fused-ring (bicyclic) bond motifs is 1. The summed E-state index contributed by atoms with van der Waals surface area (Å²) in [7, 11) is 0. The van der Waals surface area contributed by atoms with E-state index < -0.39 is 0 Å². The van der Waals surface area contributed by atoms with Crippen molar-refractivity contribution in [3.8, 4) is 0 Å². The van der Waals surface area contributed by atoms with Crippen molar-refractivity contribution in [1.82, 2.24) is 5.32 Å². The zero-order valence-corrected chi connectivity index (χ0v) is 8.16. The van der Waals surface area contributed by atoms with Crippen molar-refractivity contribution >= 4 is 5.91 Å². The summed E-state index contributed by atoms with van der Waals surface area (Å²) in [6.07, 6.45) is 0.848. The summed E-state index contributed by atoms with van der Waals surface area (Å²) in [4.78, 5) is 11.0. The summed E-state index contributed by atoms with van der Waals surface area (Å²) in [5.74, 6) is -0.0258. The minimum Gasteiger partial charge on any atom is -0.348 e.